The van der Waals surface area contributed by atoms with Gasteiger partial charge in [-0.15, -0.1) is 0 Å². The Balaban J connectivity index is 2.22. The molecule has 2 heterocycles. The Morgan fingerprint density at radius 3 is 3.00 bits per heavy atom. The molecular weight excluding hydrogens is 231 g/mol. The summed E-state index contributed by atoms with van der Waals surface area (Å²) in [4.78, 5) is 29.1. The van der Waals surface area contributed by atoms with Gasteiger partial charge in [-0.05, 0) is 0 Å². The third kappa shape index (κ3) is 2.52. The second kappa shape index (κ2) is 4.13. The molecule has 0 aliphatic carbocycles. The van der Waals surface area contributed by atoms with E-state index in [-0.39, 0.29) is 0 Å². The van der Waals surface area contributed by atoms with Crippen LogP contribution in [0.2, 0.25) is 0 Å². The smallest absolute Gasteiger partial charge is 0.321 e. The molecule has 2 N–H and O–H groups in total. The zero-order valence-corrected chi connectivity index (χ0v) is 9.03. The Morgan fingerprint density at radius 2 is 2.25 bits per heavy atom. The van der Waals surface area contributed by atoms with E-state index in [0.29, 0.717) is 17.7 Å². The van der Waals surface area contributed by atoms with Crippen molar-refractivity contribution in [3.63, 3.8) is 0 Å². The lowest BCUT2D eigenvalue weighted by Gasteiger charge is -1.98. The summed E-state index contributed by atoms with van der Waals surface area (Å²) < 4.78 is 12.3. The molecule has 0 fully saturated rings. The van der Waals surface area contributed by atoms with Crippen LogP contribution in [0.15, 0.2) is 30.7 Å². The number of fused-ring (bicyclic) bond motifs is 1. The monoisotopic (exact) mass is 240 g/mol. The third-order valence-corrected chi connectivity index (χ3v) is 2.48. The number of allylic oxidation sites excluding steroid dienone is 1. The van der Waals surface area contributed by atoms with E-state index in [4.69, 9.17) is 9.79 Å². The highest BCUT2D eigenvalue weighted by molar-refractivity contribution is 7.55. The van der Waals surface area contributed by atoms with Crippen LogP contribution in [-0.2, 0) is 11.1 Å². The maximum atomic E-state index is 10.6. The fourth-order valence-corrected chi connectivity index (χ4v) is 1.62. The van der Waals surface area contributed by atoms with E-state index in [1.807, 2.05) is 0 Å². The molecule has 2 rings (SSSR count). The first-order valence-corrected chi connectivity index (χ1v) is 6.08. The molecule has 2 aromatic rings. The normalized spacial score (nSPS) is 12.6. The minimum Gasteiger partial charge on any atom is -0.321 e. The number of hydrogen-bond acceptors (Lipinski definition) is 4. The van der Waals surface area contributed by atoms with Crippen molar-refractivity contribution < 1.29 is 14.4 Å². The molecule has 0 radical (unpaired) electrons. The van der Waals surface area contributed by atoms with E-state index in [2.05, 4.69) is 15.0 Å². The molecule has 8 heteroatoms. The molecule has 0 amide bonds. The second-order valence-electron chi connectivity index (χ2n) is 3.10. The molecule has 0 bridgehead atoms. The lowest BCUT2D eigenvalue weighted by atomic mass is 10.5. The van der Waals surface area contributed by atoms with Gasteiger partial charge in [0.2, 0.25) is 0 Å². The van der Waals surface area contributed by atoms with Gasteiger partial charge < -0.3 is 14.4 Å². The largest absolute Gasteiger partial charge is 0.348 e. The van der Waals surface area contributed by atoms with Crippen molar-refractivity contribution in [1.82, 2.24) is 19.5 Å². The third-order valence-electron chi connectivity index (χ3n) is 1.88. The molecule has 84 valence electrons. The van der Waals surface area contributed by atoms with Crippen molar-refractivity contribution in [2.24, 2.45) is 0 Å². The Bertz CT molecular complexity index is 573. The van der Waals surface area contributed by atoms with Gasteiger partial charge in [0, 0.05) is 12.4 Å². The summed E-state index contributed by atoms with van der Waals surface area (Å²) in [7, 11) is -4.09. The molecule has 0 spiro atoms. The molecule has 0 aliphatic rings. The van der Waals surface area contributed by atoms with E-state index >= 15 is 0 Å². The Hall–Kier alpha value is -1.56. The van der Waals surface area contributed by atoms with Gasteiger partial charge in [-0.2, -0.15) is 0 Å². The number of hydrogen-bond donors (Lipinski definition) is 2. The highest BCUT2D eigenvalue weighted by Crippen LogP contribution is 2.35. The zero-order valence-electron chi connectivity index (χ0n) is 8.13. The Kier molecular flexibility index (Phi) is 2.82. The Labute approximate surface area is 90.6 Å². The average Bonchev–Trinajstić information content (AvgIpc) is 2.60. The molecule has 0 saturated heterocycles. The zero-order chi connectivity index (χ0) is 11.6. The Morgan fingerprint density at radius 1 is 1.44 bits per heavy atom. The number of rotatable bonds is 3. The lowest BCUT2D eigenvalue weighted by Crippen LogP contribution is -1.94. The molecule has 0 aromatic carbocycles. The summed E-state index contributed by atoms with van der Waals surface area (Å²) in [5.74, 6) is 0.861. The summed E-state index contributed by atoms with van der Waals surface area (Å²) in [5.41, 5.74) is 1.28. The molecule has 0 aliphatic heterocycles. The minimum absolute atomic E-state index is 0.304. The van der Waals surface area contributed by atoms with Crippen LogP contribution in [0, 0.1) is 0 Å². The summed E-state index contributed by atoms with van der Waals surface area (Å²) in [5, 5.41) is 0. The summed E-state index contributed by atoms with van der Waals surface area (Å²) in [6.45, 7) is 0.304. The fraction of sp³-hybridized carbons (Fsp3) is 0.125. The predicted octanol–water partition coefficient (Wildman–Crippen LogP) is 0.518. The first kappa shape index (κ1) is 10.9. The molecule has 7 nitrogen and oxygen atoms in total. The van der Waals surface area contributed by atoms with E-state index in [9.17, 15) is 4.57 Å². The summed E-state index contributed by atoms with van der Waals surface area (Å²) in [6.07, 6.45) is 5.89. The molecule has 2 aromatic heterocycles. The van der Waals surface area contributed by atoms with Crippen molar-refractivity contribution in [2.75, 3.05) is 0 Å². The summed E-state index contributed by atoms with van der Waals surface area (Å²) >= 11 is 0. The van der Waals surface area contributed by atoms with Gasteiger partial charge in [0.05, 0.1) is 12.5 Å². The number of nitrogens with zero attached hydrogens (tertiary/aromatic N) is 4. The first-order valence-electron chi connectivity index (χ1n) is 4.40. The van der Waals surface area contributed by atoms with Gasteiger partial charge in [0.1, 0.15) is 11.8 Å². The minimum atomic E-state index is -4.09. The number of aromatic nitrogens is 4. The van der Waals surface area contributed by atoms with Crippen molar-refractivity contribution >= 4 is 18.8 Å². The van der Waals surface area contributed by atoms with Crippen LogP contribution in [-0.4, -0.2) is 29.3 Å². The van der Waals surface area contributed by atoms with Crippen molar-refractivity contribution in [3.05, 3.63) is 30.7 Å². The van der Waals surface area contributed by atoms with Crippen molar-refractivity contribution in [2.45, 2.75) is 6.54 Å². The van der Waals surface area contributed by atoms with Crippen LogP contribution in [0.1, 0.15) is 0 Å². The molecular formula is C8H9N4O3P. The van der Waals surface area contributed by atoms with Gasteiger partial charge in [0.25, 0.3) is 0 Å². The molecule has 16 heavy (non-hydrogen) atoms. The van der Waals surface area contributed by atoms with Crippen molar-refractivity contribution in [1.29, 1.82) is 0 Å². The molecule has 0 unspecified atom stereocenters. The molecule has 0 atom stereocenters. The first-order chi connectivity index (χ1) is 7.56. The second-order valence-corrected chi connectivity index (χ2v) is 4.58. The summed E-state index contributed by atoms with van der Waals surface area (Å²) in [6, 6.07) is 0. The van der Waals surface area contributed by atoms with Crippen LogP contribution in [0.4, 0.5) is 0 Å². The number of imidazole rings is 1. The SMILES string of the molecule is O=P(O)(O)C=CCn1cnc2cncnc21. The van der Waals surface area contributed by atoms with Gasteiger partial charge >= 0.3 is 7.60 Å². The van der Waals surface area contributed by atoms with Crippen LogP contribution in [0.25, 0.3) is 11.2 Å². The highest BCUT2D eigenvalue weighted by Gasteiger charge is 2.06. The quantitative estimate of drug-likeness (QED) is 0.758. The van der Waals surface area contributed by atoms with Gasteiger partial charge in [-0.1, -0.05) is 6.08 Å². The maximum Gasteiger partial charge on any atom is 0.348 e. The maximum absolute atomic E-state index is 10.6. The topological polar surface area (TPSA) is 101 Å². The van der Waals surface area contributed by atoms with E-state index < -0.39 is 7.60 Å². The average molecular weight is 240 g/mol. The van der Waals surface area contributed by atoms with E-state index in [0.717, 1.165) is 5.82 Å². The van der Waals surface area contributed by atoms with Gasteiger partial charge in [-0.3, -0.25) is 4.57 Å². The predicted molar refractivity (Wildman–Crippen MR) is 56.5 cm³/mol. The molecule has 0 saturated carbocycles. The van der Waals surface area contributed by atoms with Crippen LogP contribution >= 0.6 is 7.60 Å². The van der Waals surface area contributed by atoms with Crippen LogP contribution < -0.4 is 0 Å². The van der Waals surface area contributed by atoms with E-state index in [1.165, 1.54) is 12.4 Å². The van der Waals surface area contributed by atoms with Crippen molar-refractivity contribution in [3.8, 4) is 0 Å². The van der Waals surface area contributed by atoms with Gasteiger partial charge in [0.15, 0.2) is 5.65 Å². The standard InChI is InChI=1S/C8H9N4O3P/c13-16(14,15)3-1-2-12-6-11-7-4-9-5-10-8(7)12/h1,3-6H,2H2,(H2,13,14,15). The van der Waals surface area contributed by atoms with Crippen LogP contribution in [0.5, 0.6) is 0 Å². The van der Waals surface area contributed by atoms with Crippen LogP contribution in [0.3, 0.4) is 0 Å². The highest BCUT2D eigenvalue weighted by atomic mass is 31.2. The van der Waals surface area contributed by atoms with Gasteiger partial charge in [-0.25, -0.2) is 15.0 Å². The van der Waals surface area contributed by atoms with E-state index in [1.54, 1.807) is 17.1 Å². The lowest BCUT2D eigenvalue weighted by molar-refractivity contribution is 0.386. The fourth-order valence-electron chi connectivity index (χ4n) is 1.25.